The van der Waals surface area contributed by atoms with Crippen molar-refractivity contribution >= 4 is 15.7 Å². The third-order valence-electron chi connectivity index (χ3n) is 6.51. The molecule has 1 unspecified atom stereocenters. The lowest BCUT2D eigenvalue weighted by Crippen LogP contribution is -2.49. The summed E-state index contributed by atoms with van der Waals surface area (Å²) in [6, 6.07) is 26.9. The molecule has 32 heavy (non-hydrogen) atoms. The maximum absolute atomic E-state index is 13.4. The van der Waals surface area contributed by atoms with Crippen molar-refractivity contribution in [2.45, 2.75) is 30.3 Å². The minimum atomic E-state index is -3.50. The highest BCUT2D eigenvalue weighted by atomic mass is 32.2. The molecule has 0 saturated carbocycles. The van der Waals surface area contributed by atoms with Gasteiger partial charge in [0.2, 0.25) is 10.0 Å². The predicted molar refractivity (Wildman–Crippen MR) is 128 cm³/mol. The first-order valence-corrected chi connectivity index (χ1v) is 12.7. The number of anilines is 1. The number of nitrogens with zero attached hydrogens (tertiary/aromatic N) is 2. The van der Waals surface area contributed by atoms with Gasteiger partial charge in [0.15, 0.2) is 0 Å². The summed E-state index contributed by atoms with van der Waals surface area (Å²) in [7, 11) is -3.50. The number of piperazine rings is 1. The Kier molecular flexibility index (Phi) is 5.76. The monoisotopic (exact) mass is 447 g/mol. The highest BCUT2D eigenvalue weighted by Crippen LogP contribution is 2.32. The van der Waals surface area contributed by atoms with Crippen molar-refractivity contribution in [2.24, 2.45) is 0 Å². The van der Waals surface area contributed by atoms with E-state index in [4.69, 9.17) is 0 Å². The Labute approximate surface area is 190 Å². The van der Waals surface area contributed by atoms with Crippen molar-refractivity contribution < 1.29 is 8.42 Å². The molecule has 3 aromatic rings. The van der Waals surface area contributed by atoms with Crippen molar-refractivity contribution in [1.82, 2.24) is 9.21 Å². The zero-order valence-electron chi connectivity index (χ0n) is 18.3. The number of sulfonamides is 1. The molecule has 2 aliphatic rings. The molecule has 2 heterocycles. The Morgan fingerprint density at radius 2 is 1.44 bits per heavy atom. The SMILES string of the molecule is CC1Cc2cc(S(=O)(=O)N3CCN(C(c4ccccc4)c4ccccc4)CC3)ccc2N1. The Morgan fingerprint density at radius 3 is 2.03 bits per heavy atom. The number of nitrogens with one attached hydrogen (secondary N) is 1. The normalized spacial score (nSPS) is 19.6. The van der Waals surface area contributed by atoms with Crippen molar-refractivity contribution in [3.63, 3.8) is 0 Å². The largest absolute Gasteiger partial charge is 0.382 e. The van der Waals surface area contributed by atoms with Gasteiger partial charge < -0.3 is 5.32 Å². The molecule has 6 heteroatoms. The summed E-state index contributed by atoms with van der Waals surface area (Å²) in [6.45, 7) is 4.48. The number of rotatable bonds is 5. The van der Waals surface area contributed by atoms with E-state index < -0.39 is 10.0 Å². The van der Waals surface area contributed by atoms with Crippen LogP contribution >= 0.6 is 0 Å². The molecule has 0 radical (unpaired) electrons. The van der Waals surface area contributed by atoms with Crippen LogP contribution in [0.3, 0.4) is 0 Å². The molecule has 0 amide bonds. The molecule has 0 aromatic heterocycles. The van der Waals surface area contributed by atoms with Crippen LogP contribution in [0.15, 0.2) is 83.8 Å². The van der Waals surface area contributed by atoms with Gasteiger partial charge in [0.25, 0.3) is 0 Å². The molecular formula is C26H29N3O2S. The number of hydrogen-bond acceptors (Lipinski definition) is 4. The quantitative estimate of drug-likeness (QED) is 0.639. The van der Waals surface area contributed by atoms with Gasteiger partial charge in [-0.15, -0.1) is 0 Å². The van der Waals surface area contributed by atoms with E-state index in [1.165, 1.54) is 11.1 Å². The van der Waals surface area contributed by atoms with E-state index in [0.717, 1.165) is 17.7 Å². The van der Waals surface area contributed by atoms with Gasteiger partial charge in [-0.25, -0.2) is 8.42 Å². The summed E-state index contributed by atoms with van der Waals surface area (Å²) in [5.74, 6) is 0. The molecule has 1 saturated heterocycles. The standard InChI is InChI=1S/C26H29N3O2S/c1-20-18-23-19-24(12-13-25(23)27-20)32(30,31)29-16-14-28(15-17-29)26(21-8-4-2-5-9-21)22-10-6-3-7-11-22/h2-13,19-20,26-27H,14-18H2,1H3. The predicted octanol–water partition coefficient (Wildman–Crippen LogP) is 4.14. The lowest BCUT2D eigenvalue weighted by molar-refractivity contribution is 0.156. The number of fused-ring (bicyclic) bond motifs is 1. The van der Waals surface area contributed by atoms with Gasteiger partial charge >= 0.3 is 0 Å². The first-order chi connectivity index (χ1) is 15.5. The molecule has 5 rings (SSSR count). The third-order valence-corrected chi connectivity index (χ3v) is 8.41. The van der Waals surface area contributed by atoms with Crippen LogP contribution in [0.25, 0.3) is 0 Å². The Bertz CT molecular complexity index is 1130. The second-order valence-electron chi connectivity index (χ2n) is 8.73. The summed E-state index contributed by atoms with van der Waals surface area (Å²) >= 11 is 0. The van der Waals surface area contributed by atoms with Crippen molar-refractivity contribution in [1.29, 1.82) is 0 Å². The van der Waals surface area contributed by atoms with E-state index in [1.807, 2.05) is 24.3 Å². The molecule has 1 atom stereocenters. The second kappa shape index (κ2) is 8.70. The van der Waals surface area contributed by atoms with Gasteiger partial charge in [0, 0.05) is 37.9 Å². The highest BCUT2D eigenvalue weighted by Gasteiger charge is 2.33. The fraction of sp³-hybridized carbons (Fsp3) is 0.308. The van der Waals surface area contributed by atoms with Gasteiger partial charge in [0.1, 0.15) is 0 Å². The van der Waals surface area contributed by atoms with Crippen LogP contribution in [0, 0.1) is 0 Å². The van der Waals surface area contributed by atoms with E-state index in [9.17, 15) is 8.42 Å². The van der Waals surface area contributed by atoms with Crippen molar-refractivity contribution in [3.8, 4) is 0 Å². The van der Waals surface area contributed by atoms with Gasteiger partial charge in [0.05, 0.1) is 10.9 Å². The first-order valence-electron chi connectivity index (χ1n) is 11.3. The molecule has 1 fully saturated rings. The summed E-state index contributed by atoms with van der Waals surface area (Å²) < 4.78 is 28.4. The molecular weight excluding hydrogens is 418 g/mol. The molecule has 0 aliphatic carbocycles. The molecule has 1 N–H and O–H groups in total. The topological polar surface area (TPSA) is 52.7 Å². The van der Waals surface area contributed by atoms with Crippen LogP contribution in [0.4, 0.5) is 5.69 Å². The molecule has 0 spiro atoms. The Balaban J connectivity index is 1.35. The van der Waals surface area contributed by atoms with Gasteiger partial charge in [-0.1, -0.05) is 60.7 Å². The third kappa shape index (κ3) is 4.06. The Hall–Kier alpha value is -2.67. The first kappa shape index (κ1) is 21.2. The van der Waals surface area contributed by atoms with Crippen LogP contribution < -0.4 is 5.32 Å². The van der Waals surface area contributed by atoms with E-state index in [2.05, 4.69) is 65.7 Å². The van der Waals surface area contributed by atoms with E-state index >= 15 is 0 Å². The van der Waals surface area contributed by atoms with E-state index in [-0.39, 0.29) is 6.04 Å². The summed E-state index contributed by atoms with van der Waals surface area (Å²) in [6.07, 6.45) is 0.863. The summed E-state index contributed by atoms with van der Waals surface area (Å²) in [5.41, 5.74) is 4.60. The minimum Gasteiger partial charge on any atom is -0.382 e. The van der Waals surface area contributed by atoms with E-state index in [0.29, 0.717) is 37.1 Å². The van der Waals surface area contributed by atoms with Crippen molar-refractivity contribution in [2.75, 3.05) is 31.5 Å². The average molecular weight is 448 g/mol. The van der Waals surface area contributed by atoms with Gasteiger partial charge in [-0.05, 0) is 48.2 Å². The summed E-state index contributed by atoms with van der Waals surface area (Å²) in [4.78, 5) is 2.80. The van der Waals surface area contributed by atoms with Gasteiger partial charge in [-0.3, -0.25) is 4.90 Å². The molecule has 3 aromatic carbocycles. The lowest BCUT2D eigenvalue weighted by atomic mass is 9.96. The van der Waals surface area contributed by atoms with Crippen LogP contribution in [0.5, 0.6) is 0 Å². The maximum Gasteiger partial charge on any atom is 0.243 e. The van der Waals surface area contributed by atoms with Crippen molar-refractivity contribution in [3.05, 3.63) is 95.6 Å². The average Bonchev–Trinajstić information content (AvgIpc) is 3.20. The molecule has 2 aliphatic heterocycles. The summed E-state index contributed by atoms with van der Waals surface area (Å²) in [5, 5.41) is 3.39. The molecule has 166 valence electrons. The fourth-order valence-corrected chi connectivity index (χ4v) is 6.40. The van der Waals surface area contributed by atoms with Crippen LogP contribution in [-0.4, -0.2) is 49.8 Å². The number of hydrogen-bond donors (Lipinski definition) is 1. The zero-order chi connectivity index (χ0) is 22.1. The lowest BCUT2D eigenvalue weighted by Gasteiger charge is -2.39. The van der Waals surface area contributed by atoms with Crippen LogP contribution in [0.2, 0.25) is 0 Å². The minimum absolute atomic E-state index is 0.120. The molecule has 5 nitrogen and oxygen atoms in total. The van der Waals surface area contributed by atoms with Crippen LogP contribution in [0.1, 0.15) is 29.7 Å². The van der Waals surface area contributed by atoms with E-state index in [1.54, 1.807) is 10.4 Å². The number of benzene rings is 3. The highest BCUT2D eigenvalue weighted by molar-refractivity contribution is 7.89. The maximum atomic E-state index is 13.4. The van der Waals surface area contributed by atoms with Crippen LogP contribution in [-0.2, 0) is 16.4 Å². The molecule has 0 bridgehead atoms. The Morgan fingerprint density at radius 1 is 0.844 bits per heavy atom. The smallest absolute Gasteiger partial charge is 0.243 e. The zero-order valence-corrected chi connectivity index (χ0v) is 19.1. The fourth-order valence-electron chi connectivity index (χ4n) is 4.92. The van der Waals surface area contributed by atoms with Gasteiger partial charge in [-0.2, -0.15) is 4.31 Å². The second-order valence-corrected chi connectivity index (χ2v) is 10.7.